The number of ketones is 2. The van der Waals surface area contributed by atoms with Crippen LogP contribution in [0.1, 0.15) is 46.0 Å². The third-order valence-corrected chi connectivity index (χ3v) is 9.29. The van der Waals surface area contributed by atoms with E-state index >= 15 is 0 Å². The molecule has 0 aliphatic carbocycles. The SMILES string of the molecule is COC(=O)[C@@H](C)CC(=O)c1cc2c(F)c(O)c(OC)cc2s1.COC(=O)[C@@H](C)CC(=O)c1cc2c(F)c(OCCCl)c(OC)cc2s1. The predicted octanol–water partition coefficient (Wildman–Crippen LogP) is 7.19. The number of Topliss-reactive ketones (excluding diaryl/α,β-unsaturated/α-hetero) is 2. The minimum Gasteiger partial charge on any atom is -0.502 e. The van der Waals surface area contributed by atoms with Crippen molar-refractivity contribution in [3.8, 4) is 23.0 Å². The van der Waals surface area contributed by atoms with Crippen molar-refractivity contribution in [1.82, 2.24) is 0 Å². The summed E-state index contributed by atoms with van der Waals surface area (Å²) >= 11 is 7.81. The van der Waals surface area contributed by atoms with Crippen LogP contribution in [0.5, 0.6) is 23.0 Å². The molecule has 0 bridgehead atoms. The molecule has 2 aromatic carbocycles. The van der Waals surface area contributed by atoms with Crippen LogP contribution < -0.4 is 14.2 Å². The fourth-order valence-electron chi connectivity index (χ4n) is 4.39. The maximum atomic E-state index is 14.7. The Bertz CT molecular complexity index is 1780. The molecule has 10 nitrogen and oxygen atoms in total. The lowest BCUT2D eigenvalue weighted by Gasteiger charge is -2.11. The van der Waals surface area contributed by atoms with Crippen LogP contribution in [-0.4, -0.2) is 69.5 Å². The summed E-state index contributed by atoms with van der Waals surface area (Å²) < 4.78 is 54.4. The maximum Gasteiger partial charge on any atom is 0.308 e. The zero-order valence-electron chi connectivity index (χ0n) is 26.4. The molecule has 254 valence electrons. The summed E-state index contributed by atoms with van der Waals surface area (Å²) in [5.41, 5.74) is 0. The van der Waals surface area contributed by atoms with E-state index < -0.39 is 41.2 Å². The lowest BCUT2D eigenvalue weighted by Crippen LogP contribution is -2.16. The number of halogens is 3. The lowest BCUT2D eigenvalue weighted by molar-refractivity contribution is -0.145. The fraction of sp³-hybridized carbons (Fsp3) is 0.375. The highest BCUT2D eigenvalue weighted by atomic mass is 35.5. The monoisotopic (exact) mass is 714 g/mol. The number of thiophene rings is 2. The van der Waals surface area contributed by atoms with Crippen LogP contribution in [0.25, 0.3) is 20.2 Å². The predicted molar refractivity (Wildman–Crippen MR) is 175 cm³/mol. The molecule has 0 aliphatic heterocycles. The van der Waals surface area contributed by atoms with E-state index in [0.29, 0.717) is 19.2 Å². The molecule has 1 N–H and O–H groups in total. The van der Waals surface area contributed by atoms with E-state index in [9.17, 15) is 33.1 Å². The average molecular weight is 715 g/mol. The van der Waals surface area contributed by atoms with Gasteiger partial charge in [0.25, 0.3) is 0 Å². The molecule has 0 fully saturated rings. The fourth-order valence-corrected chi connectivity index (χ4v) is 6.54. The van der Waals surface area contributed by atoms with Crippen molar-refractivity contribution >= 4 is 78.0 Å². The molecule has 0 spiro atoms. The average Bonchev–Trinajstić information content (AvgIpc) is 3.70. The van der Waals surface area contributed by atoms with Gasteiger partial charge in [-0.15, -0.1) is 34.3 Å². The summed E-state index contributed by atoms with van der Waals surface area (Å²) in [4.78, 5) is 48.0. The van der Waals surface area contributed by atoms with Crippen molar-refractivity contribution < 1.29 is 56.7 Å². The second kappa shape index (κ2) is 16.7. The molecule has 2 heterocycles. The van der Waals surface area contributed by atoms with E-state index in [1.54, 1.807) is 19.9 Å². The number of phenols is 1. The molecule has 0 saturated carbocycles. The van der Waals surface area contributed by atoms with Crippen molar-refractivity contribution in [2.75, 3.05) is 40.9 Å². The maximum absolute atomic E-state index is 14.7. The highest BCUT2D eigenvalue weighted by Gasteiger charge is 2.24. The van der Waals surface area contributed by atoms with E-state index in [2.05, 4.69) is 9.47 Å². The van der Waals surface area contributed by atoms with Gasteiger partial charge in [0.2, 0.25) is 0 Å². The van der Waals surface area contributed by atoms with E-state index in [1.165, 1.54) is 46.6 Å². The Kier molecular flexibility index (Phi) is 13.3. The number of esters is 2. The smallest absolute Gasteiger partial charge is 0.308 e. The first kappa shape index (κ1) is 37.4. The Labute approximate surface area is 282 Å². The van der Waals surface area contributed by atoms with Gasteiger partial charge in [0.05, 0.1) is 55.9 Å². The first-order chi connectivity index (χ1) is 22.3. The number of hydrogen-bond acceptors (Lipinski definition) is 12. The summed E-state index contributed by atoms with van der Waals surface area (Å²) in [6.45, 7) is 3.33. The largest absolute Gasteiger partial charge is 0.502 e. The number of carbonyl (C=O) groups is 4. The van der Waals surface area contributed by atoms with E-state index in [0.717, 1.165) is 22.7 Å². The molecule has 0 radical (unpaired) electrons. The van der Waals surface area contributed by atoms with E-state index in [4.69, 9.17) is 25.8 Å². The Balaban J connectivity index is 0.000000257. The standard InChI is InChI=1S/C17H18ClFO5S.C15H15FO5S/c1-9(17(21)23-3)6-11(20)14-7-10-13(25-14)8-12(22-2)16(15(10)19)24-5-4-18;1-7(15(19)21-3)4-9(17)12-5-8-11(22-12)6-10(20-2)14(18)13(8)16/h7-9H,4-6H2,1-3H3;5-7,18H,4H2,1-3H3/t9-;7-/m00/s1. The van der Waals surface area contributed by atoms with Crippen molar-refractivity contribution in [2.24, 2.45) is 11.8 Å². The number of phenolic OH excluding ortho intramolecular Hbond substituents is 1. The molecule has 0 aliphatic rings. The first-order valence-electron chi connectivity index (χ1n) is 14.0. The number of benzene rings is 2. The Hall–Kier alpha value is -4.01. The zero-order valence-corrected chi connectivity index (χ0v) is 28.8. The van der Waals surface area contributed by atoms with Gasteiger partial charge in [-0.25, -0.2) is 8.78 Å². The Morgan fingerprint density at radius 2 is 1.21 bits per heavy atom. The number of fused-ring (bicyclic) bond motifs is 2. The number of alkyl halides is 1. The highest BCUT2D eigenvalue weighted by molar-refractivity contribution is 7.21. The molecule has 2 atom stereocenters. The van der Waals surface area contributed by atoms with Gasteiger partial charge in [-0.1, -0.05) is 13.8 Å². The van der Waals surface area contributed by atoms with Gasteiger partial charge in [0, 0.05) is 45.1 Å². The minimum absolute atomic E-state index is 0.00610. The van der Waals surface area contributed by atoms with Crippen LogP contribution in [0.15, 0.2) is 24.3 Å². The van der Waals surface area contributed by atoms with Crippen LogP contribution in [0, 0.1) is 23.5 Å². The second-order valence-corrected chi connectivity index (χ2v) is 12.7. The van der Waals surface area contributed by atoms with Gasteiger partial charge in [-0.3, -0.25) is 19.2 Å². The molecule has 2 aromatic heterocycles. The molecule has 15 heteroatoms. The van der Waals surface area contributed by atoms with Gasteiger partial charge < -0.3 is 28.8 Å². The molecule has 4 aromatic rings. The minimum atomic E-state index is -0.828. The van der Waals surface area contributed by atoms with Gasteiger partial charge in [-0.2, -0.15) is 0 Å². The summed E-state index contributed by atoms with van der Waals surface area (Å²) in [6.07, 6.45) is -0.0297. The number of carbonyl (C=O) groups excluding carboxylic acids is 4. The molecule has 47 heavy (non-hydrogen) atoms. The Morgan fingerprint density at radius 1 is 0.766 bits per heavy atom. The van der Waals surface area contributed by atoms with Crippen molar-refractivity contribution in [3.63, 3.8) is 0 Å². The van der Waals surface area contributed by atoms with Crippen LogP contribution >= 0.6 is 34.3 Å². The van der Waals surface area contributed by atoms with Crippen LogP contribution in [0.4, 0.5) is 8.78 Å². The molecular formula is C32H33ClF2O10S2. The summed E-state index contributed by atoms with van der Waals surface area (Å²) in [5.74, 6) is -4.20. The lowest BCUT2D eigenvalue weighted by atomic mass is 10.0. The second-order valence-electron chi connectivity index (χ2n) is 10.1. The zero-order chi connectivity index (χ0) is 35.0. The number of methoxy groups -OCH3 is 4. The quantitative estimate of drug-likeness (QED) is 0.0862. The molecule has 0 saturated heterocycles. The number of hydrogen-bond donors (Lipinski definition) is 1. The highest BCUT2D eigenvalue weighted by Crippen LogP contribution is 2.41. The molecular weight excluding hydrogens is 682 g/mol. The molecule has 4 rings (SSSR count). The van der Waals surface area contributed by atoms with Crippen molar-refractivity contribution in [3.05, 3.63) is 45.7 Å². The van der Waals surface area contributed by atoms with E-state index in [-0.39, 0.29) is 64.9 Å². The number of rotatable bonds is 13. The first-order valence-corrected chi connectivity index (χ1v) is 16.2. The van der Waals surface area contributed by atoms with Crippen molar-refractivity contribution in [1.29, 1.82) is 0 Å². The van der Waals surface area contributed by atoms with E-state index in [1.807, 2.05) is 0 Å². The van der Waals surface area contributed by atoms with Gasteiger partial charge in [0.15, 0.2) is 46.2 Å². The van der Waals surface area contributed by atoms with Crippen LogP contribution in [0.3, 0.4) is 0 Å². The van der Waals surface area contributed by atoms with Crippen LogP contribution in [0.2, 0.25) is 0 Å². The number of aromatic hydroxyl groups is 1. The summed E-state index contributed by atoms with van der Waals surface area (Å²) in [6, 6.07) is 5.93. The topological polar surface area (TPSA) is 135 Å². The summed E-state index contributed by atoms with van der Waals surface area (Å²) in [5, 5.41) is 10.1. The van der Waals surface area contributed by atoms with Crippen LogP contribution in [-0.2, 0) is 19.1 Å². The van der Waals surface area contributed by atoms with Gasteiger partial charge >= 0.3 is 11.9 Å². The third kappa shape index (κ3) is 8.67. The summed E-state index contributed by atoms with van der Waals surface area (Å²) in [7, 11) is 5.25. The van der Waals surface area contributed by atoms with Gasteiger partial charge in [-0.05, 0) is 12.1 Å². The third-order valence-electron chi connectivity index (χ3n) is 6.89. The molecule has 0 amide bonds. The number of ether oxygens (including phenoxy) is 5. The van der Waals surface area contributed by atoms with Crippen molar-refractivity contribution in [2.45, 2.75) is 26.7 Å². The van der Waals surface area contributed by atoms with Gasteiger partial charge in [0.1, 0.15) is 6.61 Å². The Morgan fingerprint density at radius 3 is 1.64 bits per heavy atom. The molecule has 0 unspecified atom stereocenters. The normalized spacial score (nSPS) is 12.1.